The number of halogens is 2. The van der Waals surface area contributed by atoms with Crippen LogP contribution in [-0.2, 0) is 10.2 Å². The van der Waals surface area contributed by atoms with E-state index in [-0.39, 0.29) is 17.0 Å². The molecule has 200 valence electrons. The quantitative estimate of drug-likeness (QED) is 0.259. The molecule has 1 N–H and O–H groups in total. The Kier molecular flexibility index (Phi) is 8.88. The molecule has 1 saturated carbocycles. The van der Waals surface area contributed by atoms with Gasteiger partial charge in [0.15, 0.2) is 14.1 Å². The van der Waals surface area contributed by atoms with Crippen molar-refractivity contribution >= 4 is 58.5 Å². The summed E-state index contributed by atoms with van der Waals surface area (Å²) in [6, 6.07) is 8.88. The molecule has 1 aromatic heterocycles. The zero-order valence-electron chi connectivity index (χ0n) is 22.5. The van der Waals surface area contributed by atoms with Crippen molar-refractivity contribution in [3.63, 3.8) is 0 Å². The lowest BCUT2D eigenvalue weighted by Crippen LogP contribution is -2.45. The molecule has 0 radical (unpaired) electrons. The number of anilines is 2. The molecule has 1 aliphatic rings. The van der Waals surface area contributed by atoms with Crippen LogP contribution in [0.1, 0.15) is 52.0 Å². The highest BCUT2D eigenvalue weighted by Crippen LogP contribution is 2.40. The summed E-state index contributed by atoms with van der Waals surface area (Å²) in [6.45, 7) is 11.5. The molecule has 0 amide bonds. The van der Waals surface area contributed by atoms with Gasteiger partial charge < -0.3 is 14.5 Å². The second-order valence-corrected chi connectivity index (χ2v) is 17.8. The second-order valence-electron chi connectivity index (χ2n) is 11.3. The Morgan fingerprint density at radius 2 is 1.81 bits per heavy atom. The Morgan fingerprint density at radius 1 is 1.11 bits per heavy atom. The molecule has 0 spiro atoms. The summed E-state index contributed by atoms with van der Waals surface area (Å²) in [5.41, 5.74) is 2.27. The first-order valence-electron chi connectivity index (χ1n) is 12.8. The van der Waals surface area contributed by atoms with Crippen LogP contribution in [0.15, 0.2) is 41.0 Å². The highest BCUT2D eigenvalue weighted by Gasteiger charge is 2.40. The topological polar surface area (TPSA) is 56.3 Å². The normalized spacial score (nSPS) is 18.7. The lowest BCUT2D eigenvalue weighted by atomic mass is 9.95. The molecule has 0 bridgehead atoms. The Labute approximate surface area is 233 Å². The maximum atomic E-state index is 14.1. The van der Waals surface area contributed by atoms with E-state index in [9.17, 15) is 4.39 Å². The van der Waals surface area contributed by atoms with Crippen LogP contribution >= 0.6 is 27.7 Å². The summed E-state index contributed by atoms with van der Waals surface area (Å²) in [4.78, 5) is 9.22. The number of nitrogens with one attached hydrogen (secondary N) is 1. The van der Waals surface area contributed by atoms with E-state index in [1.54, 1.807) is 24.0 Å². The average Bonchev–Trinajstić information content (AvgIpc) is 2.81. The SMILES string of the molecule is CSCc1cc(F)cc(Nc2ncc3ccc(Br)c(O[C@H]4CC[C@@H](O[Si](C)(C)C(C)(C)C)CC4)c3n2)c1. The fourth-order valence-electron chi connectivity index (χ4n) is 4.35. The lowest BCUT2D eigenvalue weighted by Gasteiger charge is -2.41. The lowest BCUT2D eigenvalue weighted by molar-refractivity contribution is 0.0729. The van der Waals surface area contributed by atoms with Gasteiger partial charge in [0.25, 0.3) is 0 Å². The van der Waals surface area contributed by atoms with Crippen LogP contribution in [0.5, 0.6) is 5.75 Å². The molecule has 9 heteroatoms. The van der Waals surface area contributed by atoms with Crippen LogP contribution in [0.4, 0.5) is 16.0 Å². The van der Waals surface area contributed by atoms with E-state index in [1.165, 1.54) is 6.07 Å². The van der Waals surface area contributed by atoms with Crippen molar-refractivity contribution in [3.8, 4) is 5.75 Å². The highest BCUT2D eigenvalue weighted by atomic mass is 79.9. The third kappa shape index (κ3) is 7.05. The molecule has 1 fully saturated rings. The smallest absolute Gasteiger partial charge is 0.227 e. The first-order valence-corrected chi connectivity index (χ1v) is 17.9. The molecular weight excluding hydrogens is 569 g/mol. The zero-order valence-corrected chi connectivity index (χ0v) is 25.9. The van der Waals surface area contributed by atoms with Crippen molar-refractivity contribution < 1.29 is 13.6 Å². The number of fused-ring (bicyclic) bond motifs is 1. The van der Waals surface area contributed by atoms with Gasteiger partial charge in [0.05, 0.1) is 10.6 Å². The van der Waals surface area contributed by atoms with Gasteiger partial charge in [-0.2, -0.15) is 11.8 Å². The molecule has 5 nitrogen and oxygen atoms in total. The molecule has 37 heavy (non-hydrogen) atoms. The van der Waals surface area contributed by atoms with E-state index < -0.39 is 8.32 Å². The molecule has 4 rings (SSSR count). The molecule has 0 aliphatic heterocycles. The van der Waals surface area contributed by atoms with E-state index in [4.69, 9.17) is 14.1 Å². The van der Waals surface area contributed by atoms with Crippen molar-refractivity contribution in [3.05, 3.63) is 52.4 Å². The highest BCUT2D eigenvalue weighted by molar-refractivity contribution is 9.10. The van der Waals surface area contributed by atoms with Gasteiger partial charge in [0.1, 0.15) is 11.3 Å². The Balaban J connectivity index is 1.49. The maximum absolute atomic E-state index is 14.1. The van der Waals surface area contributed by atoms with Gasteiger partial charge in [-0.15, -0.1) is 0 Å². The fraction of sp³-hybridized carbons (Fsp3) is 0.500. The minimum Gasteiger partial charge on any atom is -0.487 e. The summed E-state index contributed by atoms with van der Waals surface area (Å²) < 4.78 is 28.2. The number of hydrogen-bond donors (Lipinski definition) is 1. The van der Waals surface area contributed by atoms with Gasteiger partial charge in [0, 0.05) is 29.1 Å². The number of ether oxygens (including phenoxy) is 1. The molecular formula is C28H37BrFN3O2SSi. The minimum absolute atomic E-state index is 0.102. The van der Waals surface area contributed by atoms with Crippen molar-refractivity contribution in [2.75, 3.05) is 11.6 Å². The van der Waals surface area contributed by atoms with E-state index in [0.29, 0.717) is 17.7 Å². The summed E-state index contributed by atoms with van der Waals surface area (Å²) in [5, 5.41) is 4.27. The van der Waals surface area contributed by atoms with Crippen LogP contribution in [0, 0.1) is 5.82 Å². The summed E-state index contributed by atoms with van der Waals surface area (Å²) in [7, 11) is -1.78. The molecule has 0 unspecified atom stereocenters. The standard InChI is InChI=1S/C28H37BrFN3O2SSi/c1-28(2,3)37(5,6)35-23-10-8-22(9-11-23)34-26-24(29)12-7-19-16-31-27(33-25(19)26)32-21-14-18(17-36-4)13-20(30)15-21/h7,12-16,22-23H,8-11,17H2,1-6H3,(H,31,32,33)/t22-,23+. The van der Waals surface area contributed by atoms with Crippen LogP contribution in [0.2, 0.25) is 18.1 Å². The van der Waals surface area contributed by atoms with Gasteiger partial charge in [-0.1, -0.05) is 20.8 Å². The summed E-state index contributed by atoms with van der Waals surface area (Å²) in [5.74, 6) is 1.58. The molecule has 0 saturated heterocycles. The van der Waals surface area contributed by atoms with Crippen molar-refractivity contribution in [1.82, 2.24) is 9.97 Å². The first-order chi connectivity index (χ1) is 17.4. The summed E-state index contributed by atoms with van der Waals surface area (Å²) >= 11 is 5.32. The fourth-order valence-corrected chi connectivity index (χ4v) is 6.68. The number of aromatic nitrogens is 2. The molecule has 1 heterocycles. The molecule has 2 aromatic carbocycles. The van der Waals surface area contributed by atoms with Crippen LogP contribution in [-0.4, -0.2) is 36.7 Å². The van der Waals surface area contributed by atoms with E-state index in [0.717, 1.165) is 58.1 Å². The van der Waals surface area contributed by atoms with Crippen molar-refractivity contribution in [2.24, 2.45) is 0 Å². The third-order valence-corrected chi connectivity index (χ3v) is 13.1. The van der Waals surface area contributed by atoms with Gasteiger partial charge in [-0.05, 0) is 102 Å². The van der Waals surface area contributed by atoms with Crippen LogP contribution < -0.4 is 10.1 Å². The largest absolute Gasteiger partial charge is 0.487 e. The molecule has 1 aliphatic carbocycles. The average molecular weight is 607 g/mol. The van der Waals surface area contributed by atoms with E-state index in [1.807, 2.05) is 24.5 Å². The predicted octanol–water partition coefficient (Wildman–Crippen LogP) is 8.85. The number of benzene rings is 2. The van der Waals surface area contributed by atoms with E-state index in [2.05, 4.69) is 60.1 Å². The molecule has 3 aromatic rings. The zero-order chi connectivity index (χ0) is 26.8. The Morgan fingerprint density at radius 3 is 2.49 bits per heavy atom. The second kappa shape index (κ2) is 11.6. The summed E-state index contributed by atoms with van der Waals surface area (Å²) in [6.07, 6.45) is 8.06. The Hall–Kier alpha value is -1.68. The first kappa shape index (κ1) is 28.3. The van der Waals surface area contributed by atoms with Gasteiger partial charge in [-0.25, -0.2) is 14.4 Å². The monoisotopic (exact) mass is 605 g/mol. The van der Waals surface area contributed by atoms with Gasteiger partial charge in [-0.3, -0.25) is 0 Å². The van der Waals surface area contributed by atoms with Crippen molar-refractivity contribution in [1.29, 1.82) is 0 Å². The minimum atomic E-state index is -1.78. The van der Waals surface area contributed by atoms with Crippen LogP contribution in [0.25, 0.3) is 10.9 Å². The van der Waals surface area contributed by atoms with Crippen molar-refractivity contribution in [2.45, 2.75) is 82.5 Å². The Bertz CT molecular complexity index is 1250. The number of thioether (sulfide) groups is 1. The number of rotatable bonds is 8. The maximum Gasteiger partial charge on any atom is 0.227 e. The van der Waals surface area contributed by atoms with Crippen LogP contribution in [0.3, 0.4) is 0 Å². The predicted molar refractivity (Wildman–Crippen MR) is 159 cm³/mol. The number of hydrogen-bond acceptors (Lipinski definition) is 6. The molecule has 0 atom stereocenters. The van der Waals surface area contributed by atoms with Gasteiger partial charge >= 0.3 is 0 Å². The number of nitrogens with zero attached hydrogens (tertiary/aromatic N) is 2. The third-order valence-electron chi connectivity index (χ3n) is 7.36. The van der Waals surface area contributed by atoms with Gasteiger partial charge in [0.2, 0.25) is 5.95 Å². The van der Waals surface area contributed by atoms with E-state index >= 15 is 0 Å².